The normalized spacial score (nSPS) is 17.0. The Morgan fingerprint density at radius 2 is 0.750 bits per heavy atom. The van der Waals surface area contributed by atoms with Crippen LogP contribution in [0.1, 0.15) is 63.7 Å². The largest absolute Gasteiger partial charge is 0.386 e. The minimum absolute atomic E-state index is 0.276. The van der Waals surface area contributed by atoms with E-state index in [1.54, 1.807) is 24.3 Å². The molecule has 6 nitrogen and oxygen atoms in total. The van der Waals surface area contributed by atoms with Crippen LogP contribution in [0.5, 0.6) is 0 Å². The fourth-order valence-electron chi connectivity index (χ4n) is 3.51. The molecule has 0 atom stereocenters. The molecule has 0 amide bonds. The number of carbonyl (C=O) groups excluding carboxylic acids is 4. The first-order chi connectivity index (χ1) is 11.5. The average Bonchev–Trinajstić information content (AvgIpc) is 2.98. The van der Waals surface area contributed by atoms with E-state index < -0.39 is 23.9 Å². The molecule has 0 spiro atoms. The van der Waals surface area contributed by atoms with Crippen molar-refractivity contribution >= 4 is 23.9 Å². The van der Waals surface area contributed by atoms with Gasteiger partial charge in [0.2, 0.25) is 0 Å². The predicted octanol–water partition coefficient (Wildman–Crippen LogP) is 1.80. The maximum Gasteiger partial charge on any atom is 0.346 e. The Hall–Kier alpha value is -3.28. The van der Waals surface area contributed by atoms with Crippen LogP contribution in [-0.2, 0) is 22.3 Å². The van der Waals surface area contributed by atoms with Crippen molar-refractivity contribution in [2.24, 2.45) is 0 Å². The summed E-state index contributed by atoms with van der Waals surface area (Å²) in [4.78, 5) is 46.8. The van der Waals surface area contributed by atoms with Gasteiger partial charge in [-0.2, -0.15) is 0 Å². The first-order valence-corrected chi connectivity index (χ1v) is 7.36. The highest BCUT2D eigenvalue weighted by Gasteiger charge is 2.34. The molecule has 116 valence electrons. The maximum atomic E-state index is 11.7. The second kappa shape index (κ2) is 4.17. The van der Waals surface area contributed by atoms with Crippen LogP contribution in [0.2, 0.25) is 0 Å². The third-order valence-electron chi connectivity index (χ3n) is 4.69. The van der Waals surface area contributed by atoms with E-state index in [4.69, 9.17) is 0 Å². The smallest absolute Gasteiger partial charge is 0.346 e. The summed E-state index contributed by atoms with van der Waals surface area (Å²) in [5.74, 6) is -2.53. The molecule has 2 aromatic carbocycles. The van der Waals surface area contributed by atoms with Gasteiger partial charge in [0.1, 0.15) is 0 Å². The number of esters is 4. The fraction of sp³-hybridized carbons (Fsp3) is 0.111. The first kappa shape index (κ1) is 13.2. The number of benzene rings is 2. The van der Waals surface area contributed by atoms with Crippen molar-refractivity contribution in [2.75, 3.05) is 0 Å². The molecule has 24 heavy (non-hydrogen) atoms. The molecule has 2 aromatic rings. The van der Waals surface area contributed by atoms with Gasteiger partial charge < -0.3 is 9.47 Å². The van der Waals surface area contributed by atoms with Crippen LogP contribution in [0.3, 0.4) is 0 Å². The van der Waals surface area contributed by atoms with Crippen molar-refractivity contribution in [1.29, 1.82) is 0 Å². The molecule has 0 N–H and O–H groups in total. The van der Waals surface area contributed by atoms with Gasteiger partial charge in [0, 0.05) is 0 Å². The van der Waals surface area contributed by atoms with Crippen LogP contribution in [0, 0.1) is 0 Å². The molecule has 0 bridgehead atoms. The molecule has 0 radical (unpaired) electrons. The molecule has 1 aliphatic carbocycles. The maximum absolute atomic E-state index is 11.7. The van der Waals surface area contributed by atoms with Crippen LogP contribution < -0.4 is 0 Å². The van der Waals surface area contributed by atoms with Gasteiger partial charge in [-0.15, -0.1) is 0 Å². The van der Waals surface area contributed by atoms with Gasteiger partial charge in [-0.25, -0.2) is 19.2 Å². The van der Waals surface area contributed by atoms with Crippen molar-refractivity contribution < 1.29 is 28.7 Å². The van der Waals surface area contributed by atoms with E-state index in [0.717, 1.165) is 22.3 Å². The molecule has 3 aliphatic rings. The lowest BCUT2D eigenvalue weighted by Gasteiger charge is -2.20. The monoisotopic (exact) mass is 320 g/mol. The lowest BCUT2D eigenvalue weighted by atomic mass is 9.82. The molecular weight excluding hydrogens is 312 g/mol. The van der Waals surface area contributed by atoms with Gasteiger partial charge in [-0.3, -0.25) is 0 Å². The molecule has 0 saturated heterocycles. The molecule has 0 aromatic heterocycles. The van der Waals surface area contributed by atoms with E-state index in [2.05, 4.69) is 9.47 Å². The molecule has 0 fully saturated rings. The van der Waals surface area contributed by atoms with Crippen molar-refractivity contribution in [3.05, 3.63) is 68.8 Å². The predicted molar refractivity (Wildman–Crippen MR) is 78.0 cm³/mol. The van der Waals surface area contributed by atoms with E-state index in [0.29, 0.717) is 12.8 Å². The minimum atomic E-state index is -0.633. The molecule has 5 rings (SSSR count). The number of hydrogen-bond donors (Lipinski definition) is 0. The zero-order valence-corrected chi connectivity index (χ0v) is 12.2. The summed E-state index contributed by atoms with van der Waals surface area (Å²) >= 11 is 0. The van der Waals surface area contributed by atoms with Crippen LogP contribution in [-0.4, -0.2) is 23.9 Å². The van der Waals surface area contributed by atoms with Gasteiger partial charge in [-0.1, -0.05) is 0 Å². The van der Waals surface area contributed by atoms with Crippen LogP contribution >= 0.6 is 0 Å². The highest BCUT2D eigenvalue weighted by molar-refractivity contribution is 6.15. The summed E-state index contributed by atoms with van der Waals surface area (Å²) in [6.07, 6.45) is 1.02. The van der Waals surface area contributed by atoms with Crippen molar-refractivity contribution in [2.45, 2.75) is 12.8 Å². The van der Waals surface area contributed by atoms with E-state index in [1.165, 1.54) is 0 Å². The van der Waals surface area contributed by atoms with Gasteiger partial charge in [0.25, 0.3) is 0 Å². The van der Waals surface area contributed by atoms with Gasteiger partial charge in [-0.05, 0) is 59.4 Å². The summed E-state index contributed by atoms with van der Waals surface area (Å²) in [6.45, 7) is 0. The van der Waals surface area contributed by atoms with Crippen LogP contribution in [0.25, 0.3) is 0 Å². The number of cyclic esters (lactones) is 4. The van der Waals surface area contributed by atoms with Crippen LogP contribution in [0.15, 0.2) is 24.3 Å². The molecule has 2 aliphatic heterocycles. The number of carbonyl (C=O) groups is 4. The second-order valence-corrected chi connectivity index (χ2v) is 6.04. The Morgan fingerprint density at radius 1 is 0.500 bits per heavy atom. The van der Waals surface area contributed by atoms with Gasteiger partial charge >= 0.3 is 23.9 Å². The Morgan fingerprint density at radius 3 is 1.00 bits per heavy atom. The van der Waals surface area contributed by atoms with Crippen molar-refractivity contribution in [3.63, 3.8) is 0 Å². The number of fused-ring (bicyclic) bond motifs is 4. The van der Waals surface area contributed by atoms with Crippen molar-refractivity contribution in [3.8, 4) is 0 Å². The summed E-state index contributed by atoms with van der Waals surface area (Å²) < 4.78 is 9.27. The van der Waals surface area contributed by atoms with E-state index in [-0.39, 0.29) is 22.3 Å². The number of hydrogen-bond acceptors (Lipinski definition) is 6. The lowest BCUT2D eigenvalue weighted by molar-refractivity contribution is 0.0425. The SMILES string of the molecule is O=C1OC(=O)c2cc3c(cc21)Cc1cc2c(cc1C3)C(=O)OC2=O. The zero-order valence-electron chi connectivity index (χ0n) is 12.2. The van der Waals surface area contributed by atoms with Crippen LogP contribution in [0.4, 0.5) is 0 Å². The highest BCUT2D eigenvalue weighted by atomic mass is 16.6. The lowest BCUT2D eigenvalue weighted by Crippen LogP contribution is -2.11. The van der Waals surface area contributed by atoms with E-state index in [9.17, 15) is 19.2 Å². The summed E-state index contributed by atoms with van der Waals surface area (Å²) in [7, 11) is 0. The zero-order chi connectivity index (χ0) is 16.6. The summed E-state index contributed by atoms with van der Waals surface area (Å²) in [5.41, 5.74) is 4.74. The Bertz CT molecular complexity index is 869. The topological polar surface area (TPSA) is 86.7 Å². The number of rotatable bonds is 0. The Balaban J connectivity index is 1.65. The fourth-order valence-corrected chi connectivity index (χ4v) is 3.51. The summed E-state index contributed by atoms with van der Waals surface area (Å²) in [6, 6.07) is 6.71. The molecule has 0 saturated carbocycles. The number of ether oxygens (including phenoxy) is 2. The molecule has 6 heteroatoms. The van der Waals surface area contributed by atoms with E-state index >= 15 is 0 Å². The third kappa shape index (κ3) is 1.59. The highest BCUT2D eigenvalue weighted by Crippen LogP contribution is 2.34. The first-order valence-electron chi connectivity index (χ1n) is 7.36. The average molecular weight is 320 g/mol. The molecular formula is C18H8O6. The second-order valence-electron chi connectivity index (χ2n) is 6.04. The third-order valence-corrected chi connectivity index (χ3v) is 4.69. The molecule has 2 heterocycles. The Labute approximate surface area is 135 Å². The van der Waals surface area contributed by atoms with Gasteiger partial charge in [0.05, 0.1) is 22.3 Å². The van der Waals surface area contributed by atoms with E-state index in [1.807, 2.05) is 0 Å². The Kier molecular flexibility index (Phi) is 2.29. The quantitative estimate of drug-likeness (QED) is 0.464. The standard InChI is InChI=1S/C18H8O6/c19-15-11-3-7-1-8-4-12-14(18(22)24-16(12)20)6-10(8)2-9(7)5-13(11)17(21)23-15/h3-6H,1-2H2. The molecule has 0 unspecified atom stereocenters. The van der Waals surface area contributed by atoms with Crippen molar-refractivity contribution in [1.82, 2.24) is 0 Å². The van der Waals surface area contributed by atoms with Gasteiger partial charge in [0.15, 0.2) is 0 Å². The minimum Gasteiger partial charge on any atom is -0.386 e. The summed E-state index contributed by atoms with van der Waals surface area (Å²) in [5, 5.41) is 0.